The molecule has 1 aromatic carbocycles. The summed E-state index contributed by atoms with van der Waals surface area (Å²) < 4.78 is 5.58. The van der Waals surface area contributed by atoms with Gasteiger partial charge in [-0.1, -0.05) is 0 Å². The van der Waals surface area contributed by atoms with Gasteiger partial charge < -0.3 is 10.5 Å². The Morgan fingerprint density at radius 3 is 2.94 bits per heavy atom. The molecule has 0 amide bonds. The van der Waals surface area contributed by atoms with Crippen molar-refractivity contribution < 1.29 is 4.74 Å². The highest BCUT2D eigenvalue weighted by atomic mass is 32.2. The second-order valence-electron chi connectivity index (χ2n) is 3.64. The lowest BCUT2D eigenvalue weighted by atomic mass is 10.2. The van der Waals surface area contributed by atoms with E-state index in [9.17, 15) is 0 Å². The average molecular weight is 261 g/mol. The summed E-state index contributed by atoms with van der Waals surface area (Å²) in [7, 11) is 0. The Bertz CT molecular complexity index is 505. The topological polar surface area (TPSA) is 61.0 Å². The number of nitrogens with zero attached hydrogens (tertiary/aromatic N) is 2. The number of nitrogen functional groups attached to an aromatic ring is 1. The van der Waals surface area contributed by atoms with E-state index in [0.29, 0.717) is 6.61 Å². The third-order valence-electron chi connectivity index (χ3n) is 2.31. The highest BCUT2D eigenvalue weighted by Crippen LogP contribution is 2.28. The first kappa shape index (κ1) is 12.7. The molecule has 0 unspecified atom stereocenters. The molecule has 0 fully saturated rings. The van der Waals surface area contributed by atoms with Crippen LogP contribution in [0.25, 0.3) is 0 Å². The molecule has 0 spiro atoms. The van der Waals surface area contributed by atoms with Crippen LogP contribution in [0.15, 0.2) is 41.8 Å². The van der Waals surface area contributed by atoms with E-state index >= 15 is 0 Å². The number of nitrogens with two attached hydrogens (primary N) is 1. The number of rotatable bonds is 5. The molecule has 94 valence electrons. The maximum Gasteiger partial charge on any atom is 0.123 e. The van der Waals surface area contributed by atoms with Crippen LogP contribution in [0.3, 0.4) is 0 Å². The number of ether oxygens (including phenoxy) is 1. The Morgan fingerprint density at radius 2 is 2.22 bits per heavy atom. The fourth-order valence-electron chi connectivity index (χ4n) is 1.52. The Hall–Kier alpha value is -1.75. The molecule has 2 N–H and O–H groups in total. The van der Waals surface area contributed by atoms with Gasteiger partial charge in [-0.25, -0.2) is 9.97 Å². The van der Waals surface area contributed by atoms with Gasteiger partial charge in [0.15, 0.2) is 0 Å². The van der Waals surface area contributed by atoms with Gasteiger partial charge in [0, 0.05) is 23.2 Å². The summed E-state index contributed by atoms with van der Waals surface area (Å²) >= 11 is 1.64. The molecule has 2 rings (SSSR count). The van der Waals surface area contributed by atoms with Crippen molar-refractivity contribution in [3.8, 4) is 5.75 Å². The summed E-state index contributed by atoms with van der Waals surface area (Å²) in [4.78, 5) is 8.06. The second kappa shape index (κ2) is 6.26. The lowest BCUT2D eigenvalue weighted by molar-refractivity contribution is 0.337. The van der Waals surface area contributed by atoms with Crippen LogP contribution < -0.4 is 10.5 Å². The predicted octanol–water partition coefficient (Wildman–Crippen LogP) is 2.75. The van der Waals surface area contributed by atoms with Gasteiger partial charge in [-0.15, -0.1) is 11.8 Å². The summed E-state index contributed by atoms with van der Waals surface area (Å²) in [5.74, 6) is 1.66. The summed E-state index contributed by atoms with van der Waals surface area (Å²) in [5, 5.41) is 0.940. The van der Waals surface area contributed by atoms with Gasteiger partial charge >= 0.3 is 0 Å². The largest absolute Gasteiger partial charge is 0.494 e. The molecule has 0 saturated heterocycles. The lowest BCUT2D eigenvalue weighted by Crippen LogP contribution is -1.97. The maximum atomic E-state index is 5.80. The van der Waals surface area contributed by atoms with E-state index in [1.165, 1.54) is 0 Å². The number of aromatic nitrogens is 2. The molecule has 0 aliphatic carbocycles. The first-order valence-corrected chi connectivity index (χ1v) is 6.68. The first-order valence-electron chi connectivity index (χ1n) is 5.69. The molecule has 0 bridgehead atoms. The van der Waals surface area contributed by atoms with Crippen LogP contribution in [0.5, 0.6) is 5.75 Å². The van der Waals surface area contributed by atoms with E-state index in [4.69, 9.17) is 10.5 Å². The van der Waals surface area contributed by atoms with Gasteiger partial charge in [0.2, 0.25) is 0 Å². The van der Waals surface area contributed by atoms with Crippen molar-refractivity contribution in [2.24, 2.45) is 0 Å². The van der Waals surface area contributed by atoms with Crippen LogP contribution >= 0.6 is 11.8 Å². The molecule has 5 heteroatoms. The van der Waals surface area contributed by atoms with Crippen molar-refractivity contribution in [2.45, 2.75) is 17.7 Å². The van der Waals surface area contributed by atoms with E-state index in [1.807, 2.05) is 31.2 Å². The normalized spacial score (nSPS) is 10.3. The van der Waals surface area contributed by atoms with Crippen LogP contribution in [-0.2, 0) is 5.75 Å². The van der Waals surface area contributed by atoms with E-state index in [2.05, 4.69) is 9.97 Å². The number of hydrogen-bond donors (Lipinski definition) is 1. The van der Waals surface area contributed by atoms with Gasteiger partial charge in [-0.2, -0.15) is 0 Å². The van der Waals surface area contributed by atoms with E-state index in [1.54, 1.807) is 24.3 Å². The smallest absolute Gasteiger partial charge is 0.123 e. The van der Waals surface area contributed by atoms with Crippen LogP contribution in [0, 0.1) is 0 Å². The quantitative estimate of drug-likeness (QED) is 0.509. The third-order valence-corrected chi connectivity index (χ3v) is 3.31. The molecule has 2 aromatic rings. The minimum Gasteiger partial charge on any atom is -0.494 e. The van der Waals surface area contributed by atoms with Crippen LogP contribution in [-0.4, -0.2) is 16.6 Å². The van der Waals surface area contributed by atoms with Crippen molar-refractivity contribution >= 4 is 17.4 Å². The fourth-order valence-corrected chi connectivity index (χ4v) is 2.33. The highest BCUT2D eigenvalue weighted by molar-refractivity contribution is 7.98. The Morgan fingerprint density at radius 1 is 1.33 bits per heavy atom. The molecular weight excluding hydrogens is 246 g/mol. The summed E-state index contributed by atoms with van der Waals surface area (Å²) in [5.41, 5.74) is 7.63. The number of benzene rings is 1. The van der Waals surface area contributed by atoms with Crippen molar-refractivity contribution in [3.63, 3.8) is 0 Å². The molecule has 1 aromatic heterocycles. The third kappa shape index (κ3) is 3.37. The number of hydrogen-bond acceptors (Lipinski definition) is 5. The van der Waals surface area contributed by atoms with Crippen molar-refractivity contribution in [2.75, 3.05) is 12.3 Å². The van der Waals surface area contributed by atoms with Gasteiger partial charge in [0.25, 0.3) is 0 Å². The lowest BCUT2D eigenvalue weighted by Gasteiger charge is -2.10. The van der Waals surface area contributed by atoms with E-state index in [0.717, 1.165) is 27.8 Å². The minimum absolute atomic E-state index is 0.648. The number of anilines is 1. The molecule has 1 heterocycles. The Balaban J connectivity index is 2.10. The molecule has 4 nitrogen and oxygen atoms in total. The maximum absolute atomic E-state index is 5.80. The zero-order valence-electron chi connectivity index (χ0n) is 10.2. The summed E-state index contributed by atoms with van der Waals surface area (Å²) in [6, 6.07) is 7.59. The van der Waals surface area contributed by atoms with Crippen molar-refractivity contribution in [1.82, 2.24) is 9.97 Å². The number of thioether (sulfide) groups is 1. The van der Waals surface area contributed by atoms with Crippen LogP contribution in [0.4, 0.5) is 5.69 Å². The zero-order chi connectivity index (χ0) is 12.8. The fraction of sp³-hybridized carbons (Fsp3) is 0.231. The van der Waals surface area contributed by atoms with Gasteiger partial charge in [-0.3, -0.25) is 0 Å². The average Bonchev–Trinajstić information content (AvgIpc) is 2.40. The summed E-state index contributed by atoms with van der Waals surface area (Å²) in [6.07, 6.45) is 3.28. The molecule has 0 radical (unpaired) electrons. The Labute approximate surface area is 111 Å². The Kier molecular flexibility index (Phi) is 4.41. The molecule has 18 heavy (non-hydrogen) atoms. The van der Waals surface area contributed by atoms with E-state index < -0.39 is 0 Å². The zero-order valence-corrected chi connectivity index (χ0v) is 11.0. The standard InChI is InChI=1S/C13H15N3OS/c1-2-17-12-4-3-11(14)7-10(12)8-18-13-5-6-15-9-16-13/h3-7,9H,2,8,14H2,1H3. The first-order chi connectivity index (χ1) is 8.79. The van der Waals surface area contributed by atoms with Gasteiger partial charge in [0.05, 0.1) is 11.6 Å². The summed E-state index contributed by atoms with van der Waals surface area (Å²) in [6.45, 7) is 2.62. The van der Waals surface area contributed by atoms with E-state index in [-0.39, 0.29) is 0 Å². The monoisotopic (exact) mass is 261 g/mol. The minimum atomic E-state index is 0.648. The molecule has 0 aliphatic rings. The molecule has 0 atom stereocenters. The molecule has 0 saturated carbocycles. The van der Waals surface area contributed by atoms with Gasteiger partial charge in [0.1, 0.15) is 12.1 Å². The van der Waals surface area contributed by atoms with Crippen LogP contribution in [0.2, 0.25) is 0 Å². The highest BCUT2D eigenvalue weighted by Gasteiger charge is 2.05. The van der Waals surface area contributed by atoms with Crippen LogP contribution in [0.1, 0.15) is 12.5 Å². The van der Waals surface area contributed by atoms with Crippen molar-refractivity contribution in [3.05, 3.63) is 42.4 Å². The second-order valence-corrected chi connectivity index (χ2v) is 4.63. The van der Waals surface area contributed by atoms with Gasteiger partial charge in [-0.05, 0) is 31.2 Å². The molecule has 0 aliphatic heterocycles. The SMILES string of the molecule is CCOc1ccc(N)cc1CSc1ccncn1. The van der Waals surface area contributed by atoms with Crippen molar-refractivity contribution in [1.29, 1.82) is 0 Å². The molecular formula is C13H15N3OS. The predicted molar refractivity (Wildman–Crippen MR) is 73.6 cm³/mol.